The first-order chi connectivity index (χ1) is 8.54. The van der Waals surface area contributed by atoms with Crippen LogP contribution in [0.4, 0.5) is 0 Å². The molecule has 4 nitrogen and oxygen atoms in total. The molecule has 0 aliphatic carbocycles. The lowest BCUT2D eigenvalue weighted by molar-refractivity contribution is -0.152. The largest absolute Gasteiger partial charge is 0.468 e. The van der Waals surface area contributed by atoms with E-state index < -0.39 is 5.54 Å². The zero-order chi connectivity index (χ0) is 13.3. The van der Waals surface area contributed by atoms with Crippen LogP contribution in [-0.2, 0) is 9.53 Å². The smallest absolute Gasteiger partial charge is 0.326 e. The van der Waals surface area contributed by atoms with Crippen LogP contribution in [0.1, 0.15) is 24.3 Å². The van der Waals surface area contributed by atoms with E-state index in [1.807, 2.05) is 30.3 Å². The second-order valence-electron chi connectivity index (χ2n) is 4.98. The van der Waals surface area contributed by atoms with Gasteiger partial charge < -0.3 is 9.84 Å². The van der Waals surface area contributed by atoms with Crippen LogP contribution in [0.2, 0.25) is 0 Å². The standard InChI is InChI=1S/C13H19NO3S/c1-13(12(16)17-3)7-9(8-15)11(14(13)2)10-5-4-6-18-10/h4-6,9,11,15H,7-8H2,1-3H3/t9-,11-,13+/m0/s1. The third-order valence-electron chi connectivity index (χ3n) is 4.00. The summed E-state index contributed by atoms with van der Waals surface area (Å²) >= 11 is 1.66. The molecule has 1 saturated heterocycles. The van der Waals surface area contributed by atoms with Gasteiger partial charge in [-0.3, -0.25) is 9.69 Å². The number of aliphatic hydroxyl groups is 1. The fourth-order valence-electron chi connectivity index (χ4n) is 2.88. The summed E-state index contributed by atoms with van der Waals surface area (Å²) < 4.78 is 4.91. The molecule has 5 heteroatoms. The van der Waals surface area contributed by atoms with Gasteiger partial charge in [0.2, 0.25) is 0 Å². The molecule has 0 aromatic carbocycles. The van der Waals surface area contributed by atoms with Crippen LogP contribution >= 0.6 is 11.3 Å². The molecule has 1 aromatic heterocycles. The normalized spacial score (nSPS) is 32.7. The van der Waals surface area contributed by atoms with Crippen molar-refractivity contribution in [2.24, 2.45) is 5.92 Å². The third-order valence-corrected chi connectivity index (χ3v) is 4.94. The average Bonchev–Trinajstić information content (AvgIpc) is 2.96. The molecule has 0 radical (unpaired) electrons. The predicted molar refractivity (Wildman–Crippen MR) is 70.4 cm³/mol. The van der Waals surface area contributed by atoms with Gasteiger partial charge in [0.25, 0.3) is 0 Å². The summed E-state index contributed by atoms with van der Waals surface area (Å²) in [5.41, 5.74) is -0.656. The Morgan fingerprint density at radius 2 is 2.44 bits per heavy atom. The summed E-state index contributed by atoms with van der Waals surface area (Å²) in [7, 11) is 3.34. The zero-order valence-corrected chi connectivity index (χ0v) is 11.7. The van der Waals surface area contributed by atoms with E-state index in [9.17, 15) is 9.90 Å². The molecule has 2 heterocycles. The van der Waals surface area contributed by atoms with Gasteiger partial charge in [-0.05, 0) is 31.8 Å². The predicted octanol–water partition coefficient (Wildman–Crippen LogP) is 1.66. The van der Waals surface area contributed by atoms with Gasteiger partial charge in [0.15, 0.2) is 0 Å². The number of rotatable bonds is 3. The van der Waals surface area contributed by atoms with E-state index in [4.69, 9.17) is 4.74 Å². The first-order valence-electron chi connectivity index (χ1n) is 6.00. The lowest BCUT2D eigenvalue weighted by Crippen LogP contribution is -2.47. The maximum Gasteiger partial charge on any atom is 0.326 e. The molecule has 0 spiro atoms. The molecule has 2 rings (SSSR count). The fourth-order valence-corrected chi connectivity index (χ4v) is 3.85. The quantitative estimate of drug-likeness (QED) is 0.848. The maximum absolute atomic E-state index is 12.0. The van der Waals surface area contributed by atoms with E-state index in [0.717, 1.165) is 0 Å². The Labute approximate surface area is 111 Å². The number of likely N-dealkylation sites (tertiary alicyclic amines) is 1. The van der Waals surface area contributed by atoms with E-state index in [2.05, 4.69) is 6.07 Å². The minimum atomic E-state index is -0.656. The Bertz CT molecular complexity index is 420. The number of methoxy groups -OCH3 is 1. The monoisotopic (exact) mass is 269 g/mol. The highest BCUT2D eigenvalue weighted by atomic mass is 32.1. The van der Waals surface area contributed by atoms with Crippen molar-refractivity contribution in [3.63, 3.8) is 0 Å². The SMILES string of the molecule is COC(=O)[C@@]1(C)C[C@@H](CO)[C@@H](c2cccs2)N1C. The number of nitrogens with zero attached hydrogens (tertiary/aromatic N) is 1. The Kier molecular flexibility index (Phi) is 3.75. The van der Waals surface area contributed by atoms with E-state index in [1.165, 1.54) is 12.0 Å². The zero-order valence-electron chi connectivity index (χ0n) is 10.9. The van der Waals surface area contributed by atoms with Crippen molar-refractivity contribution in [2.45, 2.75) is 24.9 Å². The van der Waals surface area contributed by atoms with Crippen LogP contribution in [0.5, 0.6) is 0 Å². The summed E-state index contributed by atoms with van der Waals surface area (Å²) in [6.07, 6.45) is 0.620. The number of esters is 1. The molecular formula is C13H19NO3S. The van der Waals surface area contributed by atoms with Crippen LogP contribution in [0.15, 0.2) is 17.5 Å². The van der Waals surface area contributed by atoms with Crippen LogP contribution in [0.3, 0.4) is 0 Å². The van der Waals surface area contributed by atoms with Crippen LogP contribution < -0.4 is 0 Å². The van der Waals surface area contributed by atoms with E-state index in [-0.39, 0.29) is 24.5 Å². The van der Waals surface area contributed by atoms with Crippen LogP contribution in [-0.4, -0.2) is 42.3 Å². The van der Waals surface area contributed by atoms with Crippen LogP contribution in [0.25, 0.3) is 0 Å². The number of ether oxygens (including phenoxy) is 1. The number of likely N-dealkylation sites (N-methyl/N-ethyl adjacent to an activating group) is 1. The van der Waals surface area contributed by atoms with Gasteiger partial charge in [0.05, 0.1) is 7.11 Å². The number of carbonyl (C=O) groups excluding carboxylic acids is 1. The fraction of sp³-hybridized carbons (Fsp3) is 0.615. The molecule has 0 saturated carbocycles. The number of thiophene rings is 1. The Morgan fingerprint density at radius 1 is 1.72 bits per heavy atom. The molecule has 1 aliphatic heterocycles. The molecule has 100 valence electrons. The summed E-state index contributed by atoms with van der Waals surface area (Å²) in [6.45, 7) is 1.97. The van der Waals surface area contributed by atoms with Gasteiger partial charge >= 0.3 is 5.97 Å². The van der Waals surface area contributed by atoms with Crippen LogP contribution in [0, 0.1) is 5.92 Å². The third kappa shape index (κ3) is 1.96. The van der Waals surface area contributed by atoms with E-state index in [0.29, 0.717) is 6.42 Å². The summed E-state index contributed by atoms with van der Waals surface area (Å²) in [5, 5.41) is 11.6. The van der Waals surface area contributed by atoms with Crippen molar-refractivity contribution in [3.8, 4) is 0 Å². The summed E-state index contributed by atoms with van der Waals surface area (Å²) in [5.74, 6) is -0.166. The lowest BCUT2D eigenvalue weighted by atomic mass is 9.93. The molecule has 1 fully saturated rings. The molecule has 0 bridgehead atoms. The van der Waals surface area contributed by atoms with Crippen molar-refractivity contribution in [1.82, 2.24) is 4.90 Å². The molecular weight excluding hydrogens is 250 g/mol. The van der Waals surface area contributed by atoms with Gasteiger partial charge in [-0.2, -0.15) is 0 Å². The lowest BCUT2D eigenvalue weighted by Gasteiger charge is -2.32. The van der Waals surface area contributed by atoms with E-state index in [1.54, 1.807) is 11.3 Å². The maximum atomic E-state index is 12.0. The molecule has 3 atom stereocenters. The number of hydrogen-bond acceptors (Lipinski definition) is 5. The molecule has 1 aromatic rings. The molecule has 0 amide bonds. The first kappa shape index (κ1) is 13.5. The summed E-state index contributed by atoms with van der Waals surface area (Å²) in [6, 6.07) is 4.13. The number of carbonyl (C=O) groups is 1. The molecule has 1 aliphatic rings. The second-order valence-corrected chi connectivity index (χ2v) is 5.96. The van der Waals surface area contributed by atoms with Gasteiger partial charge in [0.1, 0.15) is 5.54 Å². The van der Waals surface area contributed by atoms with Crippen molar-refractivity contribution in [3.05, 3.63) is 22.4 Å². The highest BCUT2D eigenvalue weighted by Crippen LogP contribution is 2.46. The minimum Gasteiger partial charge on any atom is -0.468 e. The Morgan fingerprint density at radius 3 is 2.94 bits per heavy atom. The molecule has 0 unspecified atom stereocenters. The second kappa shape index (κ2) is 4.99. The first-order valence-corrected chi connectivity index (χ1v) is 6.88. The van der Waals surface area contributed by atoms with Crippen molar-refractivity contribution >= 4 is 17.3 Å². The number of aliphatic hydroxyl groups excluding tert-OH is 1. The van der Waals surface area contributed by atoms with Crippen molar-refractivity contribution in [2.75, 3.05) is 20.8 Å². The van der Waals surface area contributed by atoms with Gasteiger partial charge in [-0.1, -0.05) is 6.07 Å². The van der Waals surface area contributed by atoms with E-state index >= 15 is 0 Å². The molecule has 1 N–H and O–H groups in total. The Hall–Kier alpha value is -0.910. The highest BCUT2D eigenvalue weighted by Gasteiger charge is 2.52. The topological polar surface area (TPSA) is 49.8 Å². The van der Waals surface area contributed by atoms with Gasteiger partial charge in [-0.15, -0.1) is 11.3 Å². The highest BCUT2D eigenvalue weighted by molar-refractivity contribution is 7.10. The molecule has 18 heavy (non-hydrogen) atoms. The van der Waals surface area contributed by atoms with Crippen molar-refractivity contribution < 1.29 is 14.6 Å². The number of hydrogen-bond donors (Lipinski definition) is 1. The minimum absolute atomic E-state index is 0.0674. The Balaban J connectivity index is 2.34. The van der Waals surface area contributed by atoms with Gasteiger partial charge in [0, 0.05) is 23.4 Å². The average molecular weight is 269 g/mol. The van der Waals surface area contributed by atoms with Crippen molar-refractivity contribution in [1.29, 1.82) is 0 Å². The van der Waals surface area contributed by atoms with Gasteiger partial charge in [-0.25, -0.2) is 0 Å². The summed E-state index contributed by atoms with van der Waals surface area (Å²) in [4.78, 5) is 15.2.